The van der Waals surface area contributed by atoms with Crippen LogP contribution < -0.4 is 10.6 Å². The van der Waals surface area contributed by atoms with E-state index in [4.69, 9.17) is 4.74 Å². The van der Waals surface area contributed by atoms with E-state index in [-0.39, 0.29) is 36.1 Å². The molecule has 1 aliphatic heterocycles. The van der Waals surface area contributed by atoms with Gasteiger partial charge in [-0.25, -0.2) is 4.79 Å². The lowest BCUT2D eigenvalue weighted by atomic mass is 10.2. The first-order valence-corrected chi connectivity index (χ1v) is 10.3. The Morgan fingerprint density at radius 1 is 1.27 bits per heavy atom. The van der Waals surface area contributed by atoms with Gasteiger partial charge in [-0.1, -0.05) is 18.2 Å². The van der Waals surface area contributed by atoms with E-state index in [9.17, 15) is 4.79 Å². The highest BCUT2D eigenvalue weighted by Crippen LogP contribution is 2.15. The van der Waals surface area contributed by atoms with Gasteiger partial charge in [-0.2, -0.15) is 0 Å². The number of nitrogens with zero attached hydrogens (tertiary/aromatic N) is 3. The number of halogens is 1. The Kier molecular flexibility index (Phi) is 8.81. The number of carbonyl (C=O) groups excluding carboxylic acids is 1. The van der Waals surface area contributed by atoms with E-state index in [1.807, 2.05) is 20.8 Å². The molecule has 1 atom stereocenters. The molecule has 0 saturated carbocycles. The summed E-state index contributed by atoms with van der Waals surface area (Å²) < 4.78 is 7.64. The number of ether oxygens (including phenoxy) is 1. The highest BCUT2D eigenvalue weighted by atomic mass is 127. The molecule has 2 N–H and O–H groups in total. The summed E-state index contributed by atoms with van der Waals surface area (Å²) in [5, 5.41) is 7.69. The number of para-hydroxylation sites is 1. The maximum absolute atomic E-state index is 12.0. The summed E-state index contributed by atoms with van der Waals surface area (Å²) in [4.78, 5) is 18.6. The lowest BCUT2D eigenvalue weighted by Gasteiger charge is -2.23. The minimum Gasteiger partial charge on any atom is -0.444 e. The summed E-state index contributed by atoms with van der Waals surface area (Å²) in [6.45, 7) is 9.02. The molecule has 30 heavy (non-hydrogen) atoms. The number of carbonyl (C=O) groups is 1. The molecule has 0 radical (unpaired) electrons. The number of rotatable bonds is 5. The molecule has 3 rings (SSSR count). The Labute approximate surface area is 196 Å². The van der Waals surface area contributed by atoms with Crippen LogP contribution >= 0.6 is 24.0 Å². The maximum Gasteiger partial charge on any atom is 0.407 e. The first-order valence-electron chi connectivity index (χ1n) is 10.3. The number of fused-ring (bicyclic) bond motifs is 1. The lowest BCUT2D eigenvalue weighted by Crippen LogP contribution is -2.44. The molecule has 0 spiro atoms. The molecule has 0 bridgehead atoms. The Balaban J connectivity index is 0.00000320. The number of nitrogens with one attached hydrogen (secondary N) is 2. The van der Waals surface area contributed by atoms with Gasteiger partial charge >= 0.3 is 6.09 Å². The van der Waals surface area contributed by atoms with Crippen LogP contribution in [0, 0.1) is 0 Å². The van der Waals surface area contributed by atoms with Gasteiger partial charge in [0.2, 0.25) is 0 Å². The van der Waals surface area contributed by atoms with Gasteiger partial charge in [0, 0.05) is 44.9 Å². The van der Waals surface area contributed by atoms with E-state index in [1.165, 1.54) is 10.9 Å². The van der Waals surface area contributed by atoms with E-state index < -0.39 is 5.60 Å². The number of guanidine groups is 1. The second-order valence-electron chi connectivity index (χ2n) is 8.47. The van der Waals surface area contributed by atoms with Gasteiger partial charge in [0.15, 0.2) is 5.96 Å². The van der Waals surface area contributed by atoms with Gasteiger partial charge in [0.1, 0.15) is 5.60 Å². The number of hydrogen-bond acceptors (Lipinski definition) is 3. The Morgan fingerprint density at radius 3 is 2.77 bits per heavy atom. The average molecular weight is 527 g/mol. The first kappa shape index (κ1) is 24.3. The molecule has 0 aliphatic carbocycles. The third kappa shape index (κ3) is 6.78. The lowest BCUT2D eigenvalue weighted by molar-refractivity contribution is 0.0507. The number of aryl methyl sites for hydroxylation is 1. The molecular weight excluding hydrogens is 493 g/mol. The molecule has 1 amide bonds. The smallest absolute Gasteiger partial charge is 0.407 e. The third-order valence-electron chi connectivity index (χ3n) is 4.96. The van der Waals surface area contributed by atoms with Crippen molar-refractivity contribution in [1.29, 1.82) is 0 Å². The molecule has 1 aromatic heterocycles. The number of benzene rings is 1. The van der Waals surface area contributed by atoms with Crippen molar-refractivity contribution < 1.29 is 9.53 Å². The summed E-state index contributed by atoms with van der Waals surface area (Å²) in [6.07, 6.45) is 3.68. The SMILES string of the molecule is CN=C(NCCCn1ccc2ccccc21)N1CCC(NC(=O)OC(C)(C)C)C1.I. The molecule has 7 nitrogen and oxygen atoms in total. The molecule has 1 saturated heterocycles. The molecule has 1 aromatic carbocycles. The summed E-state index contributed by atoms with van der Waals surface area (Å²) >= 11 is 0. The average Bonchev–Trinajstić information content (AvgIpc) is 3.27. The summed E-state index contributed by atoms with van der Waals surface area (Å²) in [5.74, 6) is 0.885. The van der Waals surface area contributed by atoms with Crippen LogP contribution in [0.15, 0.2) is 41.5 Å². The van der Waals surface area contributed by atoms with E-state index in [2.05, 4.69) is 61.6 Å². The molecule has 166 valence electrons. The van der Waals surface area contributed by atoms with Crippen LogP contribution in [-0.4, -0.2) is 59.8 Å². The van der Waals surface area contributed by atoms with Gasteiger partial charge in [-0.15, -0.1) is 24.0 Å². The Morgan fingerprint density at radius 2 is 2.03 bits per heavy atom. The molecule has 1 fully saturated rings. The zero-order valence-electron chi connectivity index (χ0n) is 18.4. The molecule has 1 aliphatic rings. The highest BCUT2D eigenvalue weighted by Gasteiger charge is 2.27. The van der Waals surface area contributed by atoms with Crippen molar-refractivity contribution in [2.75, 3.05) is 26.7 Å². The molecular formula is C22H34IN5O2. The standard InChI is InChI=1S/C22H33N5O2.HI/c1-22(2,3)29-21(28)25-18-11-15-27(16-18)20(23-4)24-12-7-13-26-14-10-17-8-5-6-9-19(17)26;/h5-6,8-10,14,18H,7,11-13,15-16H2,1-4H3,(H,23,24)(H,25,28);1H. The predicted octanol–water partition coefficient (Wildman–Crippen LogP) is 3.82. The number of aliphatic imine (C=N–C) groups is 1. The highest BCUT2D eigenvalue weighted by molar-refractivity contribution is 14.0. The summed E-state index contributed by atoms with van der Waals surface area (Å²) in [5.41, 5.74) is 0.790. The Hall–Kier alpha value is -1.97. The Bertz CT molecular complexity index is 859. The van der Waals surface area contributed by atoms with E-state index in [0.717, 1.165) is 45.0 Å². The van der Waals surface area contributed by atoms with Crippen molar-refractivity contribution >= 4 is 46.9 Å². The van der Waals surface area contributed by atoms with Gasteiger partial charge in [0.05, 0.1) is 6.04 Å². The van der Waals surface area contributed by atoms with Crippen molar-refractivity contribution in [2.24, 2.45) is 4.99 Å². The van der Waals surface area contributed by atoms with E-state index in [0.29, 0.717) is 0 Å². The fourth-order valence-electron chi connectivity index (χ4n) is 3.66. The molecule has 2 heterocycles. The van der Waals surface area contributed by atoms with E-state index in [1.54, 1.807) is 7.05 Å². The van der Waals surface area contributed by atoms with Crippen molar-refractivity contribution in [3.63, 3.8) is 0 Å². The van der Waals surface area contributed by atoms with Gasteiger partial charge in [-0.05, 0) is 51.1 Å². The fourth-order valence-corrected chi connectivity index (χ4v) is 3.66. The van der Waals surface area contributed by atoms with Crippen molar-refractivity contribution in [2.45, 2.75) is 51.8 Å². The summed E-state index contributed by atoms with van der Waals surface area (Å²) in [6, 6.07) is 10.7. The van der Waals surface area contributed by atoms with Crippen LogP contribution in [0.3, 0.4) is 0 Å². The van der Waals surface area contributed by atoms with Crippen LogP contribution in [0.25, 0.3) is 10.9 Å². The minimum absolute atomic E-state index is 0. The maximum atomic E-state index is 12.0. The predicted molar refractivity (Wildman–Crippen MR) is 133 cm³/mol. The zero-order chi connectivity index (χ0) is 20.9. The number of amides is 1. The van der Waals surface area contributed by atoms with Gasteiger partial charge in [0.25, 0.3) is 0 Å². The summed E-state index contributed by atoms with van der Waals surface area (Å²) in [7, 11) is 1.80. The second-order valence-corrected chi connectivity index (χ2v) is 8.47. The van der Waals surface area contributed by atoms with Crippen LogP contribution in [0.1, 0.15) is 33.6 Å². The molecule has 1 unspecified atom stereocenters. The van der Waals surface area contributed by atoms with E-state index >= 15 is 0 Å². The first-order chi connectivity index (χ1) is 13.9. The minimum atomic E-state index is -0.481. The van der Waals surface area contributed by atoms with Gasteiger partial charge < -0.3 is 24.8 Å². The van der Waals surface area contributed by atoms with Crippen molar-refractivity contribution in [3.05, 3.63) is 36.5 Å². The number of likely N-dealkylation sites (tertiary alicyclic amines) is 1. The largest absolute Gasteiger partial charge is 0.444 e. The third-order valence-corrected chi connectivity index (χ3v) is 4.96. The van der Waals surface area contributed by atoms with Crippen LogP contribution in [0.4, 0.5) is 4.79 Å². The topological polar surface area (TPSA) is 70.9 Å². The molecule has 8 heteroatoms. The van der Waals surface area contributed by atoms with Crippen LogP contribution in [-0.2, 0) is 11.3 Å². The fraction of sp³-hybridized carbons (Fsp3) is 0.545. The monoisotopic (exact) mass is 527 g/mol. The van der Waals surface area contributed by atoms with Crippen LogP contribution in [0.2, 0.25) is 0 Å². The zero-order valence-corrected chi connectivity index (χ0v) is 20.7. The quantitative estimate of drug-likeness (QED) is 0.269. The van der Waals surface area contributed by atoms with Crippen molar-refractivity contribution in [1.82, 2.24) is 20.1 Å². The van der Waals surface area contributed by atoms with Crippen LogP contribution in [0.5, 0.6) is 0 Å². The second kappa shape index (κ2) is 10.9. The number of aromatic nitrogens is 1. The molecule has 2 aromatic rings. The number of alkyl carbamates (subject to hydrolysis) is 1. The normalized spacial score (nSPS) is 17.0. The van der Waals surface area contributed by atoms with Gasteiger partial charge in [-0.3, -0.25) is 4.99 Å². The number of hydrogen-bond donors (Lipinski definition) is 2. The van der Waals surface area contributed by atoms with Crippen molar-refractivity contribution in [3.8, 4) is 0 Å².